The molecule has 0 amide bonds. The van der Waals surface area contributed by atoms with Crippen molar-refractivity contribution in [2.45, 2.75) is 26.7 Å². The van der Waals surface area contributed by atoms with Gasteiger partial charge in [-0.25, -0.2) is 4.98 Å². The average molecular weight is 298 g/mol. The fourth-order valence-electron chi connectivity index (χ4n) is 1.63. The van der Waals surface area contributed by atoms with Crippen molar-refractivity contribution in [1.29, 1.82) is 0 Å². The van der Waals surface area contributed by atoms with Crippen LogP contribution in [0.1, 0.15) is 30.5 Å². The second kappa shape index (κ2) is 6.40. The quantitative estimate of drug-likeness (QED) is 0.830. The molecule has 0 aromatic carbocycles. The molecule has 0 saturated heterocycles. The number of rotatable bonds is 6. The van der Waals surface area contributed by atoms with E-state index in [2.05, 4.69) is 34.3 Å². The van der Waals surface area contributed by atoms with E-state index in [4.69, 9.17) is 4.74 Å². The average Bonchev–Trinajstić information content (AvgIpc) is 2.96. The van der Waals surface area contributed by atoms with Crippen LogP contribution in [0.25, 0.3) is 9.88 Å². The summed E-state index contributed by atoms with van der Waals surface area (Å²) in [6.07, 6.45) is 0. The predicted octanol–water partition coefficient (Wildman–Crippen LogP) is 3.15. The highest BCUT2D eigenvalue weighted by atomic mass is 32.1. The highest BCUT2D eigenvalue weighted by Gasteiger charge is 2.17. The standard InChI is InChI=1S/C12H18N4OS2/c1-7(2)9-10(18-8(3)14-9)11-15-16-12(19-11)13-5-6-17-4/h7H,5-6H2,1-4H3,(H,13,16). The molecule has 0 atom stereocenters. The van der Waals surface area contributed by atoms with Crippen molar-refractivity contribution in [2.75, 3.05) is 25.6 Å². The number of nitrogens with zero attached hydrogens (tertiary/aromatic N) is 3. The van der Waals surface area contributed by atoms with Crippen LogP contribution in [-0.2, 0) is 4.74 Å². The van der Waals surface area contributed by atoms with Gasteiger partial charge in [0, 0.05) is 13.7 Å². The number of hydrogen-bond donors (Lipinski definition) is 1. The lowest BCUT2D eigenvalue weighted by Crippen LogP contribution is -2.06. The number of anilines is 1. The highest BCUT2D eigenvalue weighted by Crippen LogP contribution is 2.36. The van der Waals surface area contributed by atoms with Gasteiger partial charge < -0.3 is 10.1 Å². The number of nitrogens with one attached hydrogen (secondary N) is 1. The zero-order chi connectivity index (χ0) is 13.8. The third-order valence-electron chi connectivity index (χ3n) is 2.51. The molecule has 2 aromatic heterocycles. The lowest BCUT2D eigenvalue weighted by Gasteiger charge is -2.01. The Morgan fingerprint density at radius 2 is 2.05 bits per heavy atom. The molecule has 104 valence electrons. The molecule has 1 N–H and O–H groups in total. The SMILES string of the molecule is COCCNc1nnc(-c2sc(C)nc2C(C)C)s1. The van der Waals surface area contributed by atoms with Gasteiger partial charge in [-0.2, -0.15) is 0 Å². The van der Waals surface area contributed by atoms with Crippen molar-refractivity contribution in [1.82, 2.24) is 15.2 Å². The zero-order valence-electron chi connectivity index (χ0n) is 11.6. The summed E-state index contributed by atoms with van der Waals surface area (Å²) in [7, 11) is 1.68. The lowest BCUT2D eigenvalue weighted by atomic mass is 10.1. The van der Waals surface area contributed by atoms with E-state index in [1.807, 2.05) is 6.92 Å². The van der Waals surface area contributed by atoms with Gasteiger partial charge in [-0.05, 0) is 12.8 Å². The maximum absolute atomic E-state index is 4.99. The first-order valence-corrected chi connectivity index (χ1v) is 7.79. The van der Waals surface area contributed by atoms with Crippen LogP contribution in [0, 0.1) is 6.92 Å². The van der Waals surface area contributed by atoms with Crippen LogP contribution >= 0.6 is 22.7 Å². The van der Waals surface area contributed by atoms with E-state index >= 15 is 0 Å². The number of ether oxygens (including phenoxy) is 1. The second-order valence-electron chi connectivity index (χ2n) is 4.43. The number of aryl methyl sites for hydroxylation is 1. The van der Waals surface area contributed by atoms with Gasteiger partial charge in [-0.3, -0.25) is 0 Å². The van der Waals surface area contributed by atoms with Crippen molar-refractivity contribution < 1.29 is 4.74 Å². The van der Waals surface area contributed by atoms with Crippen LogP contribution < -0.4 is 5.32 Å². The molecule has 0 bridgehead atoms. The summed E-state index contributed by atoms with van der Waals surface area (Å²) in [4.78, 5) is 5.73. The minimum atomic E-state index is 0.397. The van der Waals surface area contributed by atoms with Gasteiger partial charge in [0.25, 0.3) is 0 Å². The maximum atomic E-state index is 4.99. The van der Waals surface area contributed by atoms with Gasteiger partial charge in [0.15, 0.2) is 5.01 Å². The summed E-state index contributed by atoms with van der Waals surface area (Å²) in [5.74, 6) is 0.397. The molecule has 0 aliphatic heterocycles. The van der Waals surface area contributed by atoms with Gasteiger partial charge in [0.2, 0.25) is 5.13 Å². The van der Waals surface area contributed by atoms with E-state index in [1.54, 1.807) is 29.8 Å². The Kier molecular flexibility index (Phi) is 4.84. The van der Waals surface area contributed by atoms with Gasteiger partial charge in [-0.1, -0.05) is 25.2 Å². The lowest BCUT2D eigenvalue weighted by molar-refractivity contribution is 0.211. The Balaban J connectivity index is 2.18. The van der Waals surface area contributed by atoms with Crippen LogP contribution in [0.2, 0.25) is 0 Å². The van der Waals surface area contributed by atoms with Gasteiger partial charge in [0.05, 0.1) is 22.2 Å². The van der Waals surface area contributed by atoms with E-state index in [1.165, 1.54) is 0 Å². The van der Waals surface area contributed by atoms with E-state index in [0.29, 0.717) is 12.5 Å². The Bertz CT molecular complexity index is 536. The van der Waals surface area contributed by atoms with Crippen LogP contribution in [0.3, 0.4) is 0 Å². The van der Waals surface area contributed by atoms with Crippen LogP contribution in [0.15, 0.2) is 0 Å². The smallest absolute Gasteiger partial charge is 0.206 e. The zero-order valence-corrected chi connectivity index (χ0v) is 13.2. The summed E-state index contributed by atoms with van der Waals surface area (Å²) in [6.45, 7) is 7.72. The third kappa shape index (κ3) is 3.49. The van der Waals surface area contributed by atoms with Gasteiger partial charge in [-0.15, -0.1) is 21.5 Å². The molecule has 0 aliphatic rings. The third-order valence-corrected chi connectivity index (χ3v) is 4.53. The monoisotopic (exact) mass is 298 g/mol. The van der Waals surface area contributed by atoms with Gasteiger partial charge >= 0.3 is 0 Å². The van der Waals surface area contributed by atoms with Crippen molar-refractivity contribution in [3.63, 3.8) is 0 Å². The first-order valence-electron chi connectivity index (χ1n) is 6.15. The van der Waals surface area contributed by atoms with Crippen molar-refractivity contribution in [2.24, 2.45) is 0 Å². The second-order valence-corrected chi connectivity index (χ2v) is 6.61. The number of methoxy groups -OCH3 is 1. The molecule has 0 aliphatic carbocycles. The van der Waals surface area contributed by atoms with Crippen LogP contribution in [-0.4, -0.2) is 35.4 Å². The van der Waals surface area contributed by atoms with Crippen molar-refractivity contribution >= 4 is 27.8 Å². The molecule has 5 nitrogen and oxygen atoms in total. The molecule has 7 heteroatoms. The van der Waals surface area contributed by atoms with Crippen LogP contribution in [0.5, 0.6) is 0 Å². The van der Waals surface area contributed by atoms with E-state index in [0.717, 1.165) is 32.3 Å². The first kappa shape index (κ1) is 14.4. The summed E-state index contributed by atoms with van der Waals surface area (Å²) in [5, 5.41) is 14.4. The highest BCUT2D eigenvalue weighted by molar-refractivity contribution is 7.23. The molecular weight excluding hydrogens is 280 g/mol. The molecule has 0 saturated carbocycles. The fraction of sp³-hybridized carbons (Fsp3) is 0.583. The Morgan fingerprint density at radius 1 is 1.26 bits per heavy atom. The summed E-state index contributed by atoms with van der Waals surface area (Å²) in [6, 6.07) is 0. The summed E-state index contributed by atoms with van der Waals surface area (Å²) in [5.41, 5.74) is 1.11. The molecule has 2 aromatic rings. The number of aromatic nitrogens is 3. The number of hydrogen-bond acceptors (Lipinski definition) is 7. The molecule has 2 heterocycles. The largest absolute Gasteiger partial charge is 0.383 e. The molecule has 0 radical (unpaired) electrons. The Labute approximate surface area is 121 Å². The Hall–Kier alpha value is -1.05. The minimum absolute atomic E-state index is 0.397. The molecule has 0 fully saturated rings. The molecule has 0 unspecified atom stereocenters. The Morgan fingerprint density at radius 3 is 2.74 bits per heavy atom. The van der Waals surface area contributed by atoms with E-state index in [-0.39, 0.29) is 0 Å². The number of thiazole rings is 1. The summed E-state index contributed by atoms with van der Waals surface area (Å²) < 4.78 is 4.99. The van der Waals surface area contributed by atoms with E-state index in [9.17, 15) is 0 Å². The summed E-state index contributed by atoms with van der Waals surface area (Å²) >= 11 is 3.24. The normalized spacial score (nSPS) is 11.2. The molecule has 19 heavy (non-hydrogen) atoms. The molecular formula is C12H18N4OS2. The fourth-order valence-corrected chi connectivity index (χ4v) is 3.56. The van der Waals surface area contributed by atoms with Gasteiger partial charge in [0.1, 0.15) is 0 Å². The predicted molar refractivity (Wildman–Crippen MR) is 80.2 cm³/mol. The maximum Gasteiger partial charge on any atom is 0.206 e. The topological polar surface area (TPSA) is 59.9 Å². The minimum Gasteiger partial charge on any atom is -0.383 e. The first-order chi connectivity index (χ1) is 9.11. The van der Waals surface area contributed by atoms with Crippen molar-refractivity contribution in [3.05, 3.63) is 10.7 Å². The van der Waals surface area contributed by atoms with E-state index < -0.39 is 0 Å². The van der Waals surface area contributed by atoms with Crippen LogP contribution in [0.4, 0.5) is 5.13 Å². The van der Waals surface area contributed by atoms with Crippen molar-refractivity contribution in [3.8, 4) is 9.88 Å². The molecule has 0 spiro atoms. The molecule has 2 rings (SSSR count).